The number of benzene rings is 1. The molecule has 1 aromatic carbocycles. The molecule has 1 aliphatic heterocycles. The summed E-state index contributed by atoms with van der Waals surface area (Å²) in [5, 5.41) is 2.71. The van der Waals surface area contributed by atoms with Gasteiger partial charge in [0.15, 0.2) is 0 Å². The van der Waals surface area contributed by atoms with Crippen LogP contribution in [0.2, 0.25) is 0 Å². The van der Waals surface area contributed by atoms with E-state index >= 15 is 0 Å². The molecule has 0 atom stereocenters. The molecule has 43 heavy (non-hydrogen) atoms. The van der Waals surface area contributed by atoms with E-state index < -0.39 is 11.2 Å². The van der Waals surface area contributed by atoms with E-state index in [-0.39, 0.29) is 17.8 Å². The van der Waals surface area contributed by atoms with Crippen LogP contribution in [0.15, 0.2) is 35.3 Å². The number of ether oxygens (including phenoxy) is 1. The maximum absolute atomic E-state index is 13.0. The Balaban J connectivity index is 1.23. The van der Waals surface area contributed by atoms with Crippen LogP contribution in [0.5, 0.6) is 5.75 Å². The van der Waals surface area contributed by atoms with Crippen molar-refractivity contribution in [1.82, 2.24) is 24.3 Å². The lowest BCUT2D eigenvalue weighted by molar-refractivity contribution is -0.137. The highest BCUT2D eigenvalue weighted by molar-refractivity contribution is 5.89. The lowest BCUT2D eigenvalue weighted by atomic mass is 9.90. The maximum atomic E-state index is 13.0. The van der Waals surface area contributed by atoms with Crippen LogP contribution in [0.3, 0.4) is 0 Å². The predicted molar refractivity (Wildman–Crippen MR) is 165 cm³/mol. The Kier molecular flexibility index (Phi) is 9.38. The fourth-order valence-electron chi connectivity index (χ4n) is 6.05. The molecule has 0 spiro atoms. The normalized spacial score (nSPS) is 21.2. The Labute approximate surface area is 253 Å². The third-order valence-corrected chi connectivity index (χ3v) is 8.81. The number of methoxy groups -OCH3 is 1. The molecule has 2 heterocycles. The average Bonchev–Trinajstić information content (AvgIpc) is 3.81. The molecule has 234 valence electrons. The Hall–Kier alpha value is -3.48. The third-order valence-electron chi connectivity index (χ3n) is 8.81. The second-order valence-corrected chi connectivity index (χ2v) is 12.8. The average molecular weight is 595 g/mol. The maximum Gasteiger partial charge on any atom is 0.354 e. The Morgan fingerprint density at radius 3 is 2.33 bits per heavy atom. The third kappa shape index (κ3) is 7.73. The summed E-state index contributed by atoms with van der Waals surface area (Å²) in [6.45, 7) is 6.76. The molecule has 5 rings (SSSR count). The Morgan fingerprint density at radius 1 is 1.05 bits per heavy atom. The van der Waals surface area contributed by atoms with Gasteiger partial charge in [-0.05, 0) is 70.4 Å². The van der Waals surface area contributed by atoms with E-state index in [9.17, 15) is 14.4 Å². The molecular weight excluding hydrogens is 548 g/mol. The van der Waals surface area contributed by atoms with Crippen LogP contribution < -0.4 is 27.2 Å². The summed E-state index contributed by atoms with van der Waals surface area (Å²) in [5.74, 6) is 1.53. The highest BCUT2D eigenvalue weighted by Crippen LogP contribution is 2.34. The van der Waals surface area contributed by atoms with Gasteiger partial charge in [-0.1, -0.05) is 6.07 Å². The van der Waals surface area contributed by atoms with Crippen LogP contribution in [0.1, 0.15) is 57.9 Å². The second-order valence-electron chi connectivity index (χ2n) is 12.8. The van der Waals surface area contributed by atoms with E-state index in [1.54, 1.807) is 43.0 Å². The Bertz CT molecular complexity index is 1350. The first-order chi connectivity index (χ1) is 20.5. The minimum Gasteiger partial charge on any atom is -0.496 e. The van der Waals surface area contributed by atoms with Gasteiger partial charge in [0.05, 0.1) is 18.3 Å². The number of nitrogens with one attached hydrogen (secondary N) is 1. The highest BCUT2D eigenvalue weighted by atomic mass is 16.5. The summed E-state index contributed by atoms with van der Waals surface area (Å²) in [6, 6.07) is 7.88. The van der Waals surface area contributed by atoms with E-state index in [1.165, 1.54) is 17.4 Å². The van der Waals surface area contributed by atoms with Gasteiger partial charge in [-0.15, -0.1) is 0 Å². The van der Waals surface area contributed by atoms with Crippen molar-refractivity contribution in [2.24, 2.45) is 17.4 Å². The fourth-order valence-corrected chi connectivity index (χ4v) is 6.05. The van der Waals surface area contributed by atoms with Crippen molar-refractivity contribution in [3.63, 3.8) is 0 Å². The lowest BCUT2D eigenvalue weighted by Crippen LogP contribution is -2.58. The fraction of sp³-hybridized carbons (Fsp3) is 0.613. The van der Waals surface area contributed by atoms with Gasteiger partial charge in [0.2, 0.25) is 5.91 Å². The van der Waals surface area contributed by atoms with Crippen LogP contribution >= 0.6 is 0 Å². The molecular formula is C31H46N8O4. The quantitative estimate of drug-likeness (QED) is 0.399. The SMILES string of the molecule is COc1cc(-n2ccc(NC(=O)N3CCN(C(=O)C(C)(C)N)CC3)nc2=O)ccc1CN(CC1CC1)C1CCC(N)CC1. The topological polar surface area (TPSA) is 152 Å². The summed E-state index contributed by atoms with van der Waals surface area (Å²) >= 11 is 0. The van der Waals surface area contributed by atoms with Crippen LogP contribution in [0.25, 0.3) is 5.69 Å². The van der Waals surface area contributed by atoms with Gasteiger partial charge in [-0.3, -0.25) is 19.6 Å². The molecule has 2 saturated carbocycles. The van der Waals surface area contributed by atoms with Gasteiger partial charge in [0.1, 0.15) is 11.6 Å². The number of hydrogen-bond acceptors (Lipinski definition) is 8. The number of nitrogens with two attached hydrogens (primary N) is 2. The molecule has 3 fully saturated rings. The first-order valence-corrected chi connectivity index (χ1v) is 15.4. The summed E-state index contributed by atoms with van der Waals surface area (Å²) in [6.07, 6.45) is 8.59. The summed E-state index contributed by atoms with van der Waals surface area (Å²) in [7, 11) is 1.65. The zero-order valence-corrected chi connectivity index (χ0v) is 25.6. The van der Waals surface area contributed by atoms with E-state index in [1.807, 2.05) is 18.2 Å². The van der Waals surface area contributed by atoms with Gasteiger partial charge < -0.3 is 26.0 Å². The van der Waals surface area contributed by atoms with Gasteiger partial charge >= 0.3 is 11.7 Å². The van der Waals surface area contributed by atoms with Crippen molar-refractivity contribution in [1.29, 1.82) is 0 Å². The van der Waals surface area contributed by atoms with Gasteiger partial charge in [-0.2, -0.15) is 4.98 Å². The Morgan fingerprint density at radius 2 is 1.72 bits per heavy atom. The standard InChI is InChI=1S/C31H46N8O4/c1-31(2,33)28(40)36-14-16-37(17-15-36)29(41)34-27-12-13-39(30(42)35-27)25-9-6-22(26(18-25)43-3)20-38(19-21-4-5-21)24-10-7-23(32)8-11-24/h6,9,12-13,18,21,23-24H,4-5,7-8,10-11,14-17,19-20,32-33H2,1-3H3,(H,34,35,41,42). The number of urea groups is 1. The largest absolute Gasteiger partial charge is 0.496 e. The van der Waals surface area contributed by atoms with Gasteiger partial charge in [0, 0.05) is 69.2 Å². The van der Waals surface area contributed by atoms with E-state index in [2.05, 4.69) is 15.2 Å². The zero-order valence-electron chi connectivity index (χ0n) is 25.6. The van der Waals surface area contributed by atoms with Crippen LogP contribution in [0, 0.1) is 5.92 Å². The molecule has 12 nitrogen and oxygen atoms in total. The van der Waals surface area contributed by atoms with Crippen LogP contribution in [-0.4, -0.2) is 93.6 Å². The molecule has 0 bridgehead atoms. The summed E-state index contributed by atoms with van der Waals surface area (Å²) in [4.78, 5) is 48.2. The number of nitrogens with zero attached hydrogens (tertiary/aromatic N) is 5. The van der Waals surface area contributed by atoms with Crippen molar-refractivity contribution >= 4 is 17.8 Å². The predicted octanol–water partition coefficient (Wildman–Crippen LogP) is 2.14. The number of aromatic nitrogens is 2. The molecule has 5 N–H and O–H groups in total. The van der Waals surface area contributed by atoms with E-state index in [4.69, 9.17) is 16.2 Å². The smallest absolute Gasteiger partial charge is 0.354 e. The highest BCUT2D eigenvalue weighted by Gasteiger charge is 2.32. The van der Waals surface area contributed by atoms with Crippen molar-refractivity contribution in [3.05, 3.63) is 46.5 Å². The monoisotopic (exact) mass is 594 g/mol. The first-order valence-electron chi connectivity index (χ1n) is 15.4. The van der Waals surface area contributed by atoms with Crippen molar-refractivity contribution in [3.8, 4) is 11.4 Å². The number of carbonyl (C=O) groups excluding carboxylic acids is 2. The number of anilines is 1. The second kappa shape index (κ2) is 13.0. The lowest BCUT2D eigenvalue weighted by Gasteiger charge is -2.37. The summed E-state index contributed by atoms with van der Waals surface area (Å²) in [5.41, 5.74) is 12.4. The number of carbonyl (C=O) groups is 2. The number of rotatable bonds is 9. The van der Waals surface area contributed by atoms with Gasteiger partial charge in [-0.25, -0.2) is 9.59 Å². The minimum atomic E-state index is -0.955. The van der Waals surface area contributed by atoms with Gasteiger partial charge in [0.25, 0.3) is 0 Å². The zero-order chi connectivity index (χ0) is 30.7. The minimum absolute atomic E-state index is 0.146. The molecule has 3 amide bonds. The van der Waals surface area contributed by atoms with E-state index in [0.29, 0.717) is 44.0 Å². The number of amides is 3. The molecule has 3 aliphatic rings. The van der Waals surface area contributed by atoms with Crippen molar-refractivity contribution < 1.29 is 14.3 Å². The molecule has 0 unspecified atom stereocenters. The molecule has 0 radical (unpaired) electrons. The molecule has 12 heteroatoms. The molecule has 2 aromatic rings. The number of piperazine rings is 1. The summed E-state index contributed by atoms with van der Waals surface area (Å²) < 4.78 is 7.22. The van der Waals surface area contributed by atoms with Crippen molar-refractivity contribution in [2.75, 3.05) is 45.2 Å². The first kappa shape index (κ1) is 31.0. The number of hydrogen-bond donors (Lipinski definition) is 3. The molecule has 2 aliphatic carbocycles. The van der Waals surface area contributed by atoms with Crippen LogP contribution in [0.4, 0.5) is 10.6 Å². The molecule has 1 saturated heterocycles. The molecule has 1 aromatic heterocycles. The van der Waals surface area contributed by atoms with E-state index in [0.717, 1.165) is 56.0 Å². The van der Waals surface area contributed by atoms with Crippen molar-refractivity contribution in [2.45, 2.75) is 76.5 Å². The van der Waals surface area contributed by atoms with Crippen LogP contribution in [-0.2, 0) is 11.3 Å².